The van der Waals surface area contributed by atoms with E-state index in [0.29, 0.717) is 5.75 Å². The summed E-state index contributed by atoms with van der Waals surface area (Å²) in [7, 11) is 2.93. The number of allylic oxidation sites excluding steroid dienone is 1. The molecule has 0 radical (unpaired) electrons. The highest BCUT2D eigenvalue weighted by Crippen LogP contribution is 2.34. The van der Waals surface area contributed by atoms with Gasteiger partial charge in [-0.1, -0.05) is 24.3 Å². The third-order valence-corrected chi connectivity index (χ3v) is 3.70. The molecule has 0 atom stereocenters. The van der Waals surface area contributed by atoms with E-state index >= 15 is 0 Å². The molecular formula is C19H20O4. The Kier molecular flexibility index (Phi) is 5.06. The van der Waals surface area contributed by atoms with Gasteiger partial charge in [-0.15, -0.1) is 0 Å². The van der Waals surface area contributed by atoms with Crippen molar-refractivity contribution in [2.75, 3.05) is 14.2 Å². The lowest BCUT2D eigenvalue weighted by molar-refractivity contribution is 0.104. The molecule has 1 N–H and O–H groups in total. The summed E-state index contributed by atoms with van der Waals surface area (Å²) in [6.07, 6.45) is 3.20. The van der Waals surface area contributed by atoms with Crippen LogP contribution in [0.15, 0.2) is 36.4 Å². The Bertz CT molecular complexity index is 740. The van der Waals surface area contributed by atoms with Gasteiger partial charge in [-0.05, 0) is 36.6 Å². The summed E-state index contributed by atoms with van der Waals surface area (Å²) >= 11 is 0. The fraction of sp³-hybridized carbons (Fsp3) is 0.211. The van der Waals surface area contributed by atoms with Crippen LogP contribution in [0.3, 0.4) is 0 Å². The van der Waals surface area contributed by atoms with Gasteiger partial charge in [0.2, 0.25) is 0 Å². The molecule has 0 heterocycles. The monoisotopic (exact) mass is 312 g/mol. The molecule has 0 aliphatic rings. The van der Waals surface area contributed by atoms with Crippen molar-refractivity contribution in [1.82, 2.24) is 0 Å². The third-order valence-electron chi connectivity index (χ3n) is 3.70. The average Bonchev–Trinajstić information content (AvgIpc) is 2.53. The van der Waals surface area contributed by atoms with Crippen LogP contribution in [0.1, 0.15) is 27.0 Å². The molecule has 0 aliphatic carbocycles. The molecule has 0 aromatic heterocycles. The van der Waals surface area contributed by atoms with Gasteiger partial charge >= 0.3 is 0 Å². The summed E-state index contributed by atoms with van der Waals surface area (Å²) in [5, 5.41) is 10.1. The van der Waals surface area contributed by atoms with Crippen molar-refractivity contribution in [3.63, 3.8) is 0 Å². The molecule has 2 rings (SSSR count). The van der Waals surface area contributed by atoms with Gasteiger partial charge in [-0.2, -0.15) is 0 Å². The highest BCUT2D eigenvalue weighted by atomic mass is 16.5. The highest BCUT2D eigenvalue weighted by Gasteiger charge is 2.17. The van der Waals surface area contributed by atoms with Crippen molar-refractivity contribution in [3.8, 4) is 17.2 Å². The van der Waals surface area contributed by atoms with Crippen LogP contribution in [0.5, 0.6) is 17.2 Å². The molecule has 2 aromatic carbocycles. The van der Waals surface area contributed by atoms with Gasteiger partial charge in [0.25, 0.3) is 0 Å². The van der Waals surface area contributed by atoms with Crippen LogP contribution in [-0.2, 0) is 0 Å². The fourth-order valence-corrected chi connectivity index (χ4v) is 2.44. The molecule has 0 aliphatic heterocycles. The van der Waals surface area contributed by atoms with E-state index in [4.69, 9.17) is 9.47 Å². The van der Waals surface area contributed by atoms with Crippen LogP contribution in [0.2, 0.25) is 0 Å². The normalized spacial score (nSPS) is 10.8. The van der Waals surface area contributed by atoms with Gasteiger partial charge in [-0.3, -0.25) is 4.79 Å². The number of aromatic hydroxyl groups is 1. The van der Waals surface area contributed by atoms with E-state index in [1.165, 1.54) is 26.4 Å². The van der Waals surface area contributed by atoms with Crippen LogP contribution < -0.4 is 9.47 Å². The number of rotatable bonds is 5. The minimum Gasteiger partial charge on any atom is -0.507 e. The third kappa shape index (κ3) is 3.54. The van der Waals surface area contributed by atoms with E-state index in [2.05, 4.69) is 0 Å². The summed E-state index contributed by atoms with van der Waals surface area (Å²) < 4.78 is 10.3. The summed E-state index contributed by atoms with van der Waals surface area (Å²) in [6.45, 7) is 3.98. The van der Waals surface area contributed by atoms with Crippen LogP contribution in [0, 0.1) is 13.8 Å². The zero-order valence-electron chi connectivity index (χ0n) is 13.7. The zero-order valence-corrected chi connectivity index (χ0v) is 13.7. The maximum absolute atomic E-state index is 12.5. The number of ketones is 1. The van der Waals surface area contributed by atoms with Gasteiger partial charge in [0.05, 0.1) is 14.2 Å². The smallest absolute Gasteiger partial charge is 0.193 e. The van der Waals surface area contributed by atoms with Crippen LogP contribution in [0.4, 0.5) is 0 Å². The number of benzene rings is 2. The maximum atomic E-state index is 12.5. The molecule has 0 saturated carbocycles. The highest BCUT2D eigenvalue weighted by molar-refractivity contribution is 6.10. The second kappa shape index (κ2) is 7.01. The van der Waals surface area contributed by atoms with Crippen molar-refractivity contribution >= 4 is 11.9 Å². The van der Waals surface area contributed by atoms with E-state index < -0.39 is 0 Å². The first-order chi connectivity index (χ1) is 11.0. The lowest BCUT2D eigenvalue weighted by Gasteiger charge is -2.10. The van der Waals surface area contributed by atoms with E-state index in [-0.39, 0.29) is 22.8 Å². The van der Waals surface area contributed by atoms with Crippen LogP contribution >= 0.6 is 0 Å². The van der Waals surface area contributed by atoms with Crippen molar-refractivity contribution in [2.24, 2.45) is 0 Å². The number of hydrogen-bond acceptors (Lipinski definition) is 4. The molecule has 120 valence electrons. The van der Waals surface area contributed by atoms with Crippen molar-refractivity contribution in [2.45, 2.75) is 13.8 Å². The molecule has 0 amide bonds. The first-order valence-corrected chi connectivity index (χ1v) is 7.21. The second-order valence-electron chi connectivity index (χ2n) is 5.23. The molecule has 0 bridgehead atoms. The minimum absolute atomic E-state index is 0.121. The number of phenols is 1. The van der Waals surface area contributed by atoms with E-state index in [9.17, 15) is 9.90 Å². The molecule has 0 saturated heterocycles. The summed E-state index contributed by atoms with van der Waals surface area (Å²) in [5.41, 5.74) is 3.28. The van der Waals surface area contributed by atoms with Crippen molar-refractivity contribution in [3.05, 3.63) is 58.7 Å². The van der Waals surface area contributed by atoms with Gasteiger partial charge in [0, 0.05) is 12.1 Å². The topological polar surface area (TPSA) is 55.8 Å². The van der Waals surface area contributed by atoms with Crippen LogP contribution in [-0.4, -0.2) is 25.1 Å². The number of methoxy groups -OCH3 is 2. The Balaban J connectivity index is 2.40. The molecular weight excluding hydrogens is 292 g/mol. The van der Waals surface area contributed by atoms with Gasteiger partial charge in [-0.25, -0.2) is 0 Å². The Labute approximate surface area is 136 Å². The number of ether oxygens (including phenoxy) is 2. The van der Waals surface area contributed by atoms with Crippen molar-refractivity contribution < 1.29 is 19.4 Å². The fourth-order valence-electron chi connectivity index (χ4n) is 2.44. The predicted octanol–water partition coefficient (Wildman–Crippen LogP) is 3.92. The molecule has 0 unspecified atom stereocenters. The van der Waals surface area contributed by atoms with E-state index in [1.807, 2.05) is 32.0 Å². The number of carbonyl (C=O) groups is 1. The summed E-state index contributed by atoms with van der Waals surface area (Å²) in [4.78, 5) is 12.5. The quantitative estimate of drug-likeness (QED) is 0.671. The maximum Gasteiger partial charge on any atom is 0.193 e. The van der Waals surface area contributed by atoms with Gasteiger partial charge in [0.1, 0.15) is 22.8 Å². The van der Waals surface area contributed by atoms with E-state index in [1.54, 1.807) is 12.1 Å². The Morgan fingerprint density at radius 1 is 1.09 bits per heavy atom. The van der Waals surface area contributed by atoms with Crippen LogP contribution in [0.25, 0.3) is 6.08 Å². The first-order valence-electron chi connectivity index (χ1n) is 7.21. The number of phenolic OH excluding ortho intramolecular Hbond substituents is 1. The minimum atomic E-state index is -0.329. The largest absolute Gasteiger partial charge is 0.507 e. The first kappa shape index (κ1) is 16.6. The average molecular weight is 312 g/mol. The lowest BCUT2D eigenvalue weighted by atomic mass is 10.0. The Morgan fingerprint density at radius 3 is 2.30 bits per heavy atom. The molecule has 23 heavy (non-hydrogen) atoms. The van der Waals surface area contributed by atoms with Crippen molar-refractivity contribution in [1.29, 1.82) is 0 Å². The Hall–Kier alpha value is -2.75. The van der Waals surface area contributed by atoms with Gasteiger partial charge < -0.3 is 14.6 Å². The standard InChI is InChI=1S/C19H20O4/c1-12-6-5-7-13(2)15(12)8-9-16(20)19-17(21)10-14(22-3)11-18(19)23-4/h5-11,21H,1-4H3. The molecule has 0 fully saturated rings. The molecule has 4 heteroatoms. The summed E-state index contributed by atoms with van der Waals surface area (Å²) in [5.74, 6) is 0.203. The summed E-state index contributed by atoms with van der Waals surface area (Å²) in [6, 6.07) is 8.91. The molecule has 2 aromatic rings. The second-order valence-corrected chi connectivity index (χ2v) is 5.23. The number of carbonyl (C=O) groups excluding carboxylic acids is 1. The lowest BCUT2D eigenvalue weighted by Crippen LogP contribution is -2.01. The SMILES string of the molecule is COc1cc(O)c(C(=O)C=Cc2c(C)cccc2C)c(OC)c1. The molecule has 0 spiro atoms. The Morgan fingerprint density at radius 2 is 1.74 bits per heavy atom. The predicted molar refractivity (Wildman–Crippen MR) is 90.5 cm³/mol. The number of hydrogen-bond donors (Lipinski definition) is 1. The van der Waals surface area contributed by atoms with E-state index in [0.717, 1.165) is 16.7 Å². The number of aryl methyl sites for hydroxylation is 2. The van der Waals surface area contributed by atoms with Gasteiger partial charge in [0.15, 0.2) is 5.78 Å². The molecule has 4 nitrogen and oxygen atoms in total. The zero-order chi connectivity index (χ0) is 17.0.